The number of nitrogens with zero attached hydrogens (tertiary/aromatic N) is 1. The first kappa shape index (κ1) is 19.6. The summed E-state index contributed by atoms with van der Waals surface area (Å²) < 4.78 is 32.5. The Hall–Kier alpha value is -2.13. The van der Waals surface area contributed by atoms with E-state index in [1.54, 1.807) is 19.9 Å². The van der Waals surface area contributed by atoms with Gasteiger partial charge in [-0.1, -0.05) is 12.8 Å². The molecule has 9 heteroatoms. The minimum Gasteiger partial charge on any atom is -0.479 e. The van der Waals surface area contributed by atoms with Crippen LogP contribution in [-0.4, -0.2) is 50.3 Å². The largest absolute Gasteiger partial charge is 0.479 e. The Balaban J connectivity index is 1.78. The molecule has 2 amide bonds. The van der Waals surface area contributed by atoms with Gasteiger partial charge in [-0.2, -0.15) is 4.31 Å². The lowest BCUT2D eigenvalue weighted by Crippen LogP contribution is -2.42. The first-order valence-electron chi connectivity index (χ1n) is 9.06. The van der Waals surface area contributed by atoms with Crippen molar-refractivity contribution in [3.05, 3.63) is 17.7 Å². The van der Waals surface area contributed by atoms with E-state index in [1.165, 1.54) is 13.1 Å². The third-order valence-corrected chi connectivity index (χ3v) is 6.93. The molecular formula is C18H25N3O5S. The van der Waals surface area contributed by atoms with Crippen molar-refractivity contribution in [2.45, 2.75) is 56.6 Å². The summed E-state index contributed by atoms with van der Waals surface area (Å²) in [6, 6.07) is 3.11. The molecule has 1 aliphatic heterocycles. The summed E-state index contributed by atoms with van der Waals surface area (Å²) in [4.78, 5) is 24.0. The lowest BCUT2D eigenvalue weighted by Gasteiger charge is -2.25. The number of amides is 2. The van der Waals surface area contributed by atoms with E-state index in [2.05, 4.69) is 10.6 Å². The van der Waals surface area contributed by atoms with Gasteiger partial charge in [-0.05, 0) is 38.3 Å². The van der Waals surface area contributed by atoms with Gasteiger partial charge in [0.2, 0.25) is 15.9 Å². The van der Waals surface area contributed by atoms with E-state index in [9.17, 15) is 18.0 Å². The number of fused-ring (bicyclic) bond motifs is 1. The predicted molar refractivity (Wildman–Crippen MR) is 100 cm³/mol. The Bertz CT molecular complexity index is 862. The number of likely N-dealkylation sites (N-methyl/N-ethyl adjacent to an activating group) is 1. The lowest BCUT2D eigenvalue weighted by molar-refractivity contribution is -0.123. The van der Waals surface area contributed by atoms with Crippen molar-refractivity contribution in [3.63, 3.8) is 0 Å². The van der Waals surface area contributed by atoms with E-state index in [1.807, 2.05) is 0 Å². The quantitative estimate of drug-likeness (QED) is 0.784. The zero-order valence-corrected chi connectivity index (χ0v) is 16.6. The minimum absolute atomic E-state index is 0.0563. The number of ether oxygens (including phenoxy) is 1. The van der Waals surface area contributed by atoms with Gasteiger partial charge in [0.25, 0.3) is 5.91 Å². The molecule has 0 aromatic heterocycles. The molecular weight excluding hydrogens is 370 g/mol. The number of sulfonamides is 1. The molecule has 1 atom stereocenters. The van der Waals surface area contributed by atoms with Crippen molar-refractivity contribution in [1.82, 2.24) is 9.62 Å². The summed E-state index contributed by atoms with van der Waals surface area (Å²) in [6.45, 7) is 2.99. The summed E-state index contributed by atoms with van der Waals surface area (Å²) in [6.07, 6.45) is 3.34. The zero-order valence-electron chi connectivity index (χ0n) is 15.7. The average molecular weight is 395 g/mol. The highest BCUT2D eigenvalue weighted by Gasteiger charge is 2.30. The van der Waals surface area contributed by atoms with Crippen LogP contribution in [0.15, 0.2) is 17.0 Å². The second-order valence-corrected chi connectivity index (χ2v) is 9.19. The third kappa shape index (κ3) is 4.08. The number of carbonyl (C=O) groups excluding carboxylic acids is 2. The highest BCUT2D eigenvalue weighted by atomic mass is 32.2. The number of hydrogen-bond donors (Lipinski definition) is 2. The number of anilines is 1. The van der Waals surface area contributed by atoms with Crippen LogP contribution in [0.25, 0.3) is 0 Å². The number of carbonyl (C=O) groups is 2. The molecule has 148 valence electrons. The van der Waals surface area contributed by atoms with Gasteiger partial charge in [0.15, 0.2) is 6.10 Å². The molecule has 2 aliphatic rings. The standard InChI is InChI=1S/C18H25N3O5S/c1-11-8-14-15(26-12(2)18(23)20-14)9-16(11)27(24,25)21(3)10-17(22)19-13-6-4-5-7-13/h8-9,12-13H,4-7,10H2,1-3H3,(H,19,22)(H,20,23). The number of benzene rings is 1. The van der Waals surface area contributed by atoms with Crippen LogP contribution in [-0.2, 0) is 19.6 Å². The predicted octanol–water partition coefficient (Wildman–Crippen LogP) is 1.39. The van der Waals surface area contributed by atoms with E-state index >= 15 is 0 Å². The monoisotopic (exact) mass is 395 g/mol. The van der Waals surface area contributed by atoms with Crippen LogP contribution in [0.3, 0.4) is 0 Å². The molecule has 1 aromatic carbocycles. The average Bonchev–Trinajstić information content (AvgIpc) is 3.08. The van der Waals surface area contributed by atoms with Crippen LogP contribution < -0.4 is 15.4 Å². The smallest absolute Gasteiger partial charge is 0.265 e. The first-order chi connectivity index (χ1) is 12.7. The van der Waals surface area contributed by atoms with Gasteiger partial charge in [-0.3, -0.25) is 9.59 Å². The molecule has 8 nitrogen and oxygen atoms in total. The molecule has 1 aromatic rings. The van der Waals surface area contributed by atoms with Crippen molar-refractivity contribution in [3.8, 4) is 5.75 Å². The zero-order chi connectivity index (χ0) is 19.8. The molecule has 27 heavy (non-hydrogen) atoms. The molecule has 1 heterocycles. The second kappa shape index (κ2) is 7.47. The van der Waals surface area contributed by atoms with E-state index in [0.717, 1.165) is 30.0 Å². The van der Waals surface area contributed by atoms with E-state index < -0.39 is 16.1 Å². The summed E-state index contributed by atoms with van der Waals surface area (Å²) in [5.41, 5.74) is 0.909. The maximum Gasteiger partial charge on any atom is 0.265 e. The number of aryl methyl sites for hydroxylation is 1. The van der Waals surface area contributed by atoms with Crippen molar-refractivity contribution < 1.29 is 22.7 Å². The van der Waals surface area contributed by atoms with Crippen molar-refractivity contribution in [2.75, 3.05) is 18.9 Å². The number of rotatable bonds is 5. The fraction of sp³-hybridized carbons (Fsp3) is 0.556. The summed E-state index contributed by atoms with van der Waals surface area (Å²) in [5, 5.41) is 5.59. The van der Waals surface area contributed by atoms with Crippen LogP contribution in [0.4, 0.5) is 5.69 Å². The highest BCUT2D eigenvalue weighted by molar-refractivity contribution is 7.89. The summed E-state index contributed by atoms with van der Waals surface area (Å²) in [5.74, 6) is -0.283. The fourth-order valence-corrected chi connectivity index (χ4v) is 4.76. The molecule has 1 saturated carbocycles. The Labute approximate surface area is 159 Å². The number of nitrogens with one attached hydrogen (secondary N) is 2. The van der Waals surface area contributed by atoms with Crippen LogP contribution in [0.5, 0.6) is 5.75 Å². The summed E-state index contributed by atoms with van der Waals surface area (Å²) >= 11 is 0. The van der Waals surface area contributed by atoms with Crippen molar-refractivity contribution >= 4 is 27.5 Å². The maximum absolute atomic E-state index is 13.0. The molecule has 2 N–H and O–H groups in total. The Morgan fingerprint density at radius 3 is 2.67 bits per heavy atom. The molecule has 1 fully saturated rings. The van der Waals surface area contributed by atoms with Gasteiger partial charge in [0, 0.05) is 19.2 Å². The number of hydrogen-bond acceptors (Lipinski definition) is 5. The van der Waals surface area contributed by atoms with Crippen molar-refractivity contribution in [1.29, 1.82) is 0 Å². The molecule has 0 bridgehead atoms. The van der Waals surface area contributed by atoms with Crippen LogP contribution >= 0.6 is 0 Å². The van der Waals surface area contributed by atoms with Crippen LogP contribution in [0, 0.1) is 6.92 Å². The van der Waals surface area contributed by atoms with Crippen molar-refractivity contribution in [2.24, 2.45) is 0 Å². The molecule has 0 spiro atoms. The van der Waals surface area contributed by atoms with Gasteiger partial charge in [0.1, 0.15) is 5.75 Å². The normalized spacial score (nSPS) is 20.1. The molecule has 0 saturated heterocycles. The Morgan fingerprint density at radius 2 is 2.00 bits per heavy atom. The topological polar surface area (TPSA) is 105 Å². The fourth-order valence-electron chi connectivity index (χ4n) is 3.42. The summed E-state index contributed by atoms with van der Waals surface area (Å²) in [7, 11) is -2.50. The highest BCUT2D eigenvalue weighted by Crippen LogP contribution is 2.35. The van der Waals surface area contributed by atoms with Gasteiger partial charge in [-0.25, -0.2) is 8.42 Å². The third-order valence-electron chi connectivity index (χ3n) is 4.98. The molecule has 3 rings (SSSR count). The van der Waals surface area contributed by atoms with Crippen LogP contribution in [0.2, 0.25) is 0 Å². The van der Waals surface area contributed by atoms with Gasteiger partial charge in [-0.15, -0.1) is 0 Å². The maximum atomic E-state index is 13.0. The van der Waals surface area contributed by atoms with E-state index in [-0.39, 0.29) is 29.3 Å². The van der Waals surface area contributed by atoms with Gasteiger partial charge >= 0.3 is 0 Å². The molecule has 0 radical (unpaired) electrons. The minimum atomic E-state index is -3.88. The van der Waals surface area contributed by atoms with Gasteiger partial charge in [0.05, 0.1) is 17.1 Å². The molecule has 1 aliphatic carbocycles. The first-order valence-corrected chi connectivity index (χ1v) is 10.5. The second-order valence-electron chi connectivity index (χ2n) is 7.17. The van der Waals surface area contributed by atoms with E-state index in [4.69, 9.17) is 4.74 Å². The SMILES string of the molecule is Cc1cc2c(cc1S(=O)(=O)N(C)CC(=O)NC1CCCC1)OC(C)C(=O)N2. The lowest BCUT2D eigenvalue weighted by atomic mass is 10.1. The van der Waals surface area contributed by atoms with E-state index in [0.29, 0.717) is 17.0 Å². The molecule has 1 unspecified atom stereocenters. The Morgan fingerprint density at radius 1 is 1.33 bits per heavy atom. The Kier molecular flexibility index (Phi) is 5.43. The van der Waals surface area contributed by atoms with Crippen LogP contribution in [0.1, 0.15) is 38.2 Å². The van der Waals surface area contributed by atoms with Gasteiger partial charge < -0.3 is 15.4 Å².